The monoisotopic (exact) mass is 317 g/mol. The minimum absolute atomic E-state index is 0.355. The molecule has 0 aliphatic carbocycles. The van der Waals surface area contributed by atoms with Crippen LogP contribution in [-0.4, -0.2) is 34.5 Å². The van der Waals surface area contributed by atoms with Gasteiger partial charge in [-0.15, -0.1) is 0 Å². The first kappa shape index (κ1) is 17.5. The van der Waals surface area contributed by atoms with Crippen LogP contribution in [0.4, 0.5) is 5.82 Å². The molecule has 23 heavy (non-hydrogen) atoms. The number of hydrogen-bond donors (Lipinski definition) is 1. The number of anilines is 1. The van der Waals surface area contributed by atoms with Crippen LogP contribution in [-0.2, 0) is 16.1 Å². The van der Waals surface area contributed by atoms with E-state index in [1.165, 1.54) is 25.3 Å². The predicted octanol–water partition coefficient (Wildman–Crippen LogP) is 3.00. The molecule has 1 aliphatic heterocycles. The van der Waals surface area contributed by atoms with E-state index in [1.807, 2.05) is 26.8 Å². The van der Waals surface area contributed by atoms with Crippen molar-refractivity contribution in [1.29, 1.82) is 0 Å². The molecular formula is C18H27N3O2. The lowest BCUT2D eigenvalue weighted by Gasteiger charge is -2.26. The molecular weight excluding hydrogens is 290 g/mol. The van der Waals surface area contributed by atoms with Gasteiger partial charge in [-0.1, -0.05) is 6.42 Å². The van der Waals surface area contributed by atoms with Crippen LogP contribution in [0.3, 0.4) is 0 Å². The Hall–Kier alpha value is -1.88. The van der Waals surface area contributed by atoms with Crippen molar-refractivity contribution in [3.05, 3.63) is 29.5 Å². The Morgan fingerprint density at radius 2 is 2.04 bits per heavy atom. The fourth-order valence-corrected chi connectivity index (χ4v) is 2.62. The third kappa shape index (κ3) is 6.02. The summed E-state index contributed by atoms with van der Waals surface area (Å²) in [7, 11) is 0. The van der Waals surface area contributed by atoms with Crippen molar-refractivity contribution >= 4 is 17.9 Å². The number of esters is 1. The quantitative estimate of drug-likeness (QED) is 0.683. The second-order valence-corrected chi connectivity index (χ2v) is 7.02. The summed E-state index contributed by atoms with van der Waals surface area (Å²) in [5.41, 5.74) is 7.38. The van der Waals surface area contributed by atoms with Gasteiger partial charge >= 0.3 is 5.97 Å². The van der Waals surface area contributed by atoms with Gasteiger partial charge in [0.1, 0.15) is 11.4 Å². The number of carbonyl (C=O) groups is 1. The zero-order valence-electron chi connectivity index (χ0n) is 14.3. The third-order valence-electron chi connectivity index (χ3n) is 3.68. The summed E-state index contributed by atoms with van der Waals surface area (Å²) in [6.07, 6.45) is 8.62. The zero-order valence-corrected chi connectivity index (χ0v) is 14.3. The van der Waals surface area contributed by atoms with Gasteiger partial charge < -0.3 is 10.5 Å². The number of carbonyl (C=O) groups excluding carboxylic acids is 1. The Morgan fingerprint density at radius 1 is 1.35 bits per heavy atom. The van der Waals surface area contributed by atoms with Crippen LogP contribution in [0.15, 0.2) is 18.3 Å². The third-order valence-corrected chi connectivity index (χ3v) is 3.68. The van der Waals surface area contributed by atoms with Crippen molar-refractivity contribution < 1.29 is 9.53 Å². The van der Waals surface area contributed by atoms with Crippen molar-refractivity contribution in [2.45, 2.75) is 52.2 Å². The van der Waals surface area contributed by atoms with Crippen LogP contribution < -0.4 is 5.73 Å². The first-order valence-electron chi connectivity index (χ1n) is 8.21. The molecule has 2 heterocycles. The zero-order chi connectivity index (χ0) is 16.9. The highest BCUT2D eigenvalue weighted by molar-refractivity contribution is 5.87. The summed E-state index contributed by atoms with van der Waals surface area (Å²) >= 11 is 0. The molecule has 0 radical (unpaired) electrons. The Kier molecular flexibility index (Phi) is 5.77. The highest BCUT2D eigenvalue weighted by Gasteiger charge is 2.14. The summed E-state index contributed by atoms with van der Waals surface area (Å²) in [6.45, 7) is 8.57. The Morgan fingerprint density at radius 3 is 2.70 bits per heavy atom. The van der Waals surface area contributed by atoms with Gasteiger partial charge in [-0.3, -0.25) is 4.90 Å². The number of aromatic nitrogens is 1. The Bertz CT molecular complexity index is 570. The number of rotatable bonds is 4. The van der Waals surface area contributed by atoms with Crippen LogP contribution in [0.5, 0.6) is 0 Å². The molecule has 0 amide bonds. The van der Waals surface area contributed by atoms with Crippen LogP contribution in [0.2, 0.25) is 0 Å². The molecule has 1 fully saturated rings. The molecule has 0 saturated carbocycles. The summed E-state index contributed by atoms with van der Waals surface area (Å²) in [5, 5.41) is 0. The van der Waals surface area contributed by atoms with Crippen LogP contribution in [0, 0.1) is 0 Å². The highest BCUT2D eigenvalue weighted by atomic mass is 16.6. The van der Waals surface area contributed by atoms with Gasteiger partial charge in [0.05, 0.1) is 0 Å². The molecule has 1 aromatic heterocycles. The summed E-state index contributed by atoms with van der Waals surface area (Å²) in [4.78, 5) is 18.4. The molecule has 0 bridgehead atoms. The maximum absolute atomic E-state index is 11.7. The van der Waals surface area contributed by atoms with Gasteiger partial charge in [0.2, 0.25) is 0 Å². The van der Waals surface area contributed by atoms with E-state index in [9.17, 15) is 4.79 Å². The Balaban J connectivity index is 2.02. The smallest absolute Gasteiger partial charge is 0.331 e. The lowest BCUT2D eigenvalue weighted by atomic mass is 10.1. The number of pyridine rings is 1. The topological polar surface area (TPSA) is 68.4 Å². The van der Waals surface area contributed by atoms with E-state index in [0.29, 0.717) is 5.82 Å². The van der Waals surface area contributed by atoms with Crippen LogP contribution in [0.1, 0.15) is 51.2 Å². The molecule has 2 N–H and O–H groups in total. The van der Waals surface area contributed by atoms with Gasteiger partial charge in [0.25, 0.3) is 0 Å². The number of nitrogens with two attached hydrogens (primary N) is 1. The first-order chi connectivity index (χ1) is 10.8. The molecule has 0 unspecified atom stereocenters. The van der Waals surface area contributed by atoms with Crippen molar-refractivity contribution in [1.82, 2.24) is 9.88 Å². The maximum Gasteiger partial charge on any atom is 0.331 e. The van der Waals surface area contributed by atoms with Gasteiger partial charge in [0, 0.05) is 24.4 Å². The number of nitrogens with zero attached hydrogens (tertiary/aromatic N) is 2. The van der Waals surface area contributed by atoms with E-state index in [4.69, 9.17) is 10.5 Å². The average molecular weight is 317 g/mol. The van der Waals surface area contributed by atoms with Crippen molar-refractivity contribution in [3.8, 4) is 0 Å². The SMILES string of the molecule is CC(C)(C)OC(=O)C=Cc1cnc(N)c(CN2CCCCC2)c1. The number of likely N-dealkylation sites (tertiary alicyclic amines) is 1. The lowest BCUT2D eigenvalue weighted by molar-refractivity contribution is -0.148. The Labute approximate surface area is 138 Å². The molecule has 0 atom stereocenters. The molecule has 2 rings (SSSR count). The molecule has 0 aromatic carbocycles. The minimum atomic E-state index is -0.486. The number of piperidine rings is 1. The average Bonchev–Trinajstić information content (AvgIpc) is 2.47. The van der Waals surface area contributed by atoms with E-state index in [2.05, 4.69) is 9.88 Å². The van der Waals surface area contributed by atoms with E-state index in [0.717, 1.165) is 30.8 Å². The minimum Gasteiger partial charge on any atom is -0.457 e. The molecule has 0 spiro atoms. The molecule has 126 valence electrons. The van der Waals surface area contributed by atoms with Crippen molar-refractivity contribution in [2.75, 3.05) is 18.8 Å². The summed E-state index contributed by atoms with van der Waals surface area (Å²) < 4.78 is 5.26. The standard InChI is InChI=1S/C18H27N3O2/c1-18(2,3)23-16(22)8-7-14-11-15(17(19)20-12-14)13-21-9-5-4-6-10-21/h7-8,11-12H,4-6,9-10,13H2,1-3H3,(H2,19,20). The van der Waals surface area contributed by atoms with Crippen LogP contribution in [0.25, 0.3) is 6.08 Å². The number of hydrogen-bond acceptors (Lipinski definition) is 5. The van der Waals surface area contributed by atoms with Gasteiger partial charge in [-0.05, 0) is 64.4 Å². The molecule has 1 saturated heterocycles. The van der Waals surface area contributed by atoms with Crippen molar-refractivity contribution in [2.24, 2.45) is 0 Å². The van der Waals surface area contributed by atoms with Crippen molar-refractivity contribution in [3.63, 3.8) is 0 Å². The first-order valence-corrected chi connectivity index (χ1v) is 8.21. The fourth-order valence-electron chi connectivity index (χ4n) is 2.62. The lowest BCUT2D eigenvalue weighted by Crippen LogP contribution is -2.29. The molecule has 1 aromatic rings. The second kappa shape index (κ2) is 7.59. The van der Waals surface area contributed by atoms with E-state index in [1.54, 1.807) is 12.3 Å². The number of ether oxygens (including phenoxy) is 1. The molecule has 1 aliphatic rings. The van der Waals surface area contributed by atoms with E-state index >= 15 is 0 Å². The summed E-state index contributed by atoms with van der Waals surface area (Å²) in [6, 6.07) is 2.00. The van der Waals surface area contributed by atoms with Gasteiger partial charge in [0.15, 0.2) is 0 Å². The normalized spacial score (nSPS) is 16.7. The second-order valence-electron chi connectivity index (χ2n) is 7.02. The largest absolute Gasteiger partial charge is 0.457 e. The van der Waals surface area contributed by atoms with Gasteiger partial charge in [-0.2, -0.15) is 0 Å². The highest BCUT2D eigenvalue weighted by Crippen LogP contribution is 2.18. The van der Waals surface area contributed by atoms with E-state index in [-0.39, 0.29) is 5.97 Å². The fraction of sp³-hybridized carbons (Fsp3) is 0.556. The molecule has 5 heteroatoms. The summed E-state index contributed by atoms with van der Waals surface area (Å²) in [5.74, 6) is 0.205. The molecule has 5 nitrogen and oxygen atoms in total. The predicted molar refractivity (Wildman–Crippen MR) is 92.7 cm³/mol. The van der Waals surface area contributed by atoms with Crippen LogP contribution >= 0.6 is 0 Å². The van der Waals surface area contributed by atoms with Gasteiger partial charge in [-0.25, -0.2) is 9.78 Å². The number of nitrogen functional groups attached to an aromatic ring is 1. The maximum atomic E-state index is 11.7. The van der Waals surface area contributed by atoms with E-state index < -0.39 is 5.60 Å².